The lowest BCUT2D eigenvalue weighted by Gasteiger charge is -2.30. The van der Waals surface area contributed by atoms with Crippen molar-refractivity contribution in [2.75, 3.05) is 26.2 Å². The molecule has 1 fully saturated rings. The summed E-state index contributed by atoms with van der Waals surface area (Å²) in [7, 11) is -3.52. The van der Waals surface area contributed by atoms with Crippen LogP contribution in [-0.2, 0) is 24.3 Å². The third-order valence-corrected chi connectivity index (χ3v) is 6.33. The Morgan fingerprint density at radius 3 is 2.38 bits per heavy atom. The molecule has 0 aliphatic carbocycles. The van der Waals surface area contributed by atoms with E-state index in [1.54, 1.807) is 31.2 Å². The molecule has 0 aromatic heterocycles. The van der Waals surface area contributed by atoms with Gasteiger partial charge in [-0.05, 0) is 38.8 Å². The van der Waals surface area contributed by atoms with Crippen LogP contribution >= 0.6 is 0 Å². The number of aryl methyl sites for hydroxylation is 1. The van der Waals surface area contributed by atoms with Gasteiger partial charge in [0.1, 0.15) is 0 Å². The van der Waals surface area contributed by atoms with Crippen molar-refractivity contribution in [1.82, 2.24) is 9.62 Å². The SMILES string of the molecule is CCOC(=O)CCNC(=O)C1CCN(S(=O)(=O)c2ccc(C)cc2)CC1. The first-order chi connectivity index (χ1) is 12.3. The van der Waals surface area contributed by atoms with Crippen molar-refractivity contribution in [3.63, 3.8) is 0 Å². The Labute approximate surface area is 154 Å². The van der Waals surface area contributed by atoms with Gasteiger partial charge in [0.2, 0.25) is 15.9 Å². The maximum absolute atomic E-state index is 12.7. The molecule has 26 heavy (non-hydrogen) atoms. The number of nitrogens with one attached hydrogen (secondary N) is 1. The van der Waals surface area contributed by atoms with E-state index < -0.39 is 10.0 Å². The van der Waals surface area contributed by atoms with E-state index in [4.69, 9.17) is 4.74 Å². The molecule has 0 unspecified atom stereocenters. The van der Waals surface area contributed by atoms with Crippen molar-refractivity contribution in [2.45, 2.75) is 38.0 Å². The van der Waals surface area contributed by atoms with Crippen LogP contribution in [0, 0.1) is 12.8 Å². The fourth-order valence-corrected chi connectivity index (χ4v) is 4.35. The van der Waals surface area contributed by atoms with Gasteiger partial charge in [0.15, 0.2) is 0 Å². The lowest BCUT2D eigenvalue weighted by atomic mass is 9.97. The zero-order valence-electron chi connectivity index (χ0n) is 15.2. The van der Waals surface area contributed by atoms with E-state index in [1.165, 1.54) is 4.31 Å². The number of hydrogen-bond donors (Lipinski definition) is 1. The van der Waals surface area contributed by atoms with Crippen molar-refractivity contribution in [2.24, 2.45) is 5.92 Å². The molecule has 1 aromatic carbocycles. The van der Waals surface area contributed by atoms with E-state index in [9.17, 15) is 18.0 Å². The average Bonchev–Trinajstić information content (AvgIpc) is 2.62. The molecule has 1 aliphatic heterocycles. The van der Waals surface area contributed by atoms with E-state index in [-0.39, 0.29) is 35.7 Å². The van der Waals surface area contributed by atoms with Gasteiger partial charge in [0, 0.05) is 25.6 Å². The molecule has 144 valence electrons. The van der Waals surface area contributed by atoms with Gasteiger partial charge >= 0.3 is 5.97 Å². The predicted molar refractivity (Wildman–Crippen MR) is 96.9 cm³/mol. The molecule has 1 amide bonds. The summed E-state index contributed by atoms with van der Waals surface area (Å²) in [5, 5.41) is 2.73. The van der Waals surface area contributed by atoms with Crippen LogP contribution in [0.3, 0.4) is 0 Å². The van der Waals surface area contributed by atoms with Crippen LogP contribution in [-0.4, -0.2) is 50.8 Å². The number of ether oxygens (including phenoxy) is 1. The van der Waals surface area contributed by atoms with Gasteiger partial charge in [-0.25, -0.2) is 8.42 Å². The Morgan fingerprint density at radius 1 is 1.19 bits per heavy atom. The summed E-state index contributed by atoms with van der Waals surface area (Å²) in [5.41, 5.74) is 1.00. The minimum absolute atomic E-state index is 0.137. The number of nitrogens with zero attached hydrogens (tertiary/aromatic N) is 1. The number of amides is 1. The van der Waals surface area contributed by atoms with E-state index in [0.29, 0.717) is 32.5 Å². The summed E-state index contributed by atoms with van der Waals surface area (Å²) in [6, 6.07) is 6.77. The van der Waals surface area contributed by atoms with Crippen molar-refractivity contribution < 1.29 is 22.7 Å². The zero-order chi connectivity index (χ0) is 19.2. The van der Waals surface area contributed by atoms with E-state index in [2.05, 4.69) is 5.32 Å². The fraction of sp³-hybridized carbons (Fsp3) is 0.556. The molecular weight excluding hydrogens is 356 g/mol. The molecule has 0 spiro atoms. The summed E-state index contributed by atoms with van der Waals surface area (Å²) in [6.07, 6.45) is 1.08. The van der Waals surface area contributed by atoms with Crippen LogP contribution in [0.25, 0.3) is 0 Å². The molecule has 0 radical (unpaired) electrons. The summed E-state index contributed by atoms with van der Waals surface area (Å²) >= 11 is 0. The summed E-state index contributed by atoms with van der Waals surface area (Å²) in [5.74, 6) is -0.713. The van der Waals surface area contributed by atoms with Gasteiger partial charge in [0.25, 0.3) is 0 Å². The number of hydrogen-bond acceptors (Lipinski definition) is 5. The van der Waals surface area contributed by atoms with E-state index in [0.717, 1.165) is 5.56 Å². The molecular formula is C18H26N2O5S. The van der Waals surface area contributed by atoms with Gasteiger partial charge in [0.05, 0.1) is 17.9 Å². The van der Waals surface area contributed by atoms with Crippen molar-refractivity contribution in [3.05, 3.63) is 29.8 Å². The summed E-state index contributed by atoms with van der Waals surface area (Å²) in [6.45, 7) is 4.82. The highest BCUT2D eigenvalue weighted by molar-refractivity contribution is 7.89. The van der Waals surface area contributed by atoms with Crippen LogP contribution in [0.1, 0.15) is 31.7 Å². The molecule has 0 atom stereocenters. The third-order valence-electron chi connectivity index (χ3n) is 4.42. The van der Waals surface area contributed by atoms with Crippen molar-refractivity contribution in [1.29, 1.82) is 0 Å². The molecule has 1 N–H and O–H groups in total. The molecule has 7 nitrogen and oxygen atoms in total. The van der Waals surface area contributed by atoms with Crippen LogP contribution in [0.4, 0.5) is 0 Å². The second-order valence-corrected chi connectivity index (χ2v) is 8.28. The van der Waals surface area contributed by atoms with Gasteiger partial charge in [-0.3, -0.25) is 9.59 Å². The largest absolute Gasteiger partial charge is 0.466 e. The second-order valence-electron chi connectivity index (χ2n) is 6.34. The lowest BCUT2D eigenvalue weighted by Crippen LogP contribution is -2.43. The molecule has 1 aliphatic rings. The topological polar surface area (TPSA) is 92.8 Å². The maximum Gasteiger partial charge on any atom is 0.307 e. The smallest absolute Gasteiger partial charge is 0.307 e. The number of piperidine rings is 1. The Morgan fingerprint density at radius 2 is 1.81 bits per heavy atom. The Hall–Kier alpha value is -1.93. The van der Waals surface area contributed by atoms with Crippen LogP contribution in [0.15, 0.2) is 29.2 Å². The number of carbonyl (C=O) groups excluding carboxylic acids is 2. The first-order valence-corrected chi connectivity index (χ1v) is 10.3. The minimum Gasteiger partial charge on any atom is -0.466 e. The highest BCUT2D eigenvalue weighted by atomic mass is 32.2. The maximum atomic E-state index is 12.7. The first-order valence-electron chi connectivity index (χ1n) is 8.84. The highest BCUT2D eigenvalue weighted by Gasteiger charge is 2.31. The Bertz CT molecular complexity index is 722. The van der Waals surface area contributed by atoms with Crippen LogP contribution < -0.4 is 5.32 Å². The minimum atomic E-state index is -3.52. The zero-order valence-corrected chi connectivity index (χ0v) is 16.0. The normalized spacial score (nSPS) is 16.2. The van der Waals surface area contributed by atoms with E-state index in [1.807, 2.05) is 6.92 Å². The van der Waals surface area contributed by atoms with Crippen molar-refractivity contribution in [3.8, 4) is 0 Å². The molecule has 0 saturated carbocycles. The summed E-state index contributed by atoms with van der Waals surface area (Å²) in [4.78, 5) is 23.7. The van der Waals surface area contributed by atoms with Gasteiger partial charge in [-0.2, -0.15) is 4.31 Å². The molecule has 1 heterocycles. The third kappa shape index (κ3) is 5.28. The van der Waals surface area contributed by atoms with Gasteiger partial charge in [-0.15, -0.1) is 0 Å². The van der Waals surface area contributed by atoms with Crippen LogP contribution in [0.5, 0.6) is 0 Å². The Balaban J connectivity index is 1.83. The molecule has 2 rings (SSSR count). The first kappa shape index (κ1) is 20.4. The van der Waals surface area contributed by atoms with Crippen molar-refractivity contribution >= 4 is 21.9 Å². The average molecular weight is 382 g/mol. The van der Waals surface area contributed by atoms with Gasteiger partial charge < -0.3 is 10.1 Å². The number of benzene rings is 1. The van der Waals surface area contributed by atoms with E-state index >= 15 is 0 Å². The predicted octanol–water partition coefficient (Wildman–Crippen LogP) is 1.47. The second kappa shape index (κ2) is 9.14. The summed E-state index contributed by atoms with van der Waals surface area (Å²) < 4.78 is 31.6. The quantitative estimate of drug-likeness (QED) is 0.721. The lowest BCUT2D eigenvalue weighted by molar-refractivity contribution is -0.143. The van der Waals surface area contributed by atoms with Crippen LogP contribution in [0.2, 0.25) is 0 Å². The highest BCUT2D eigenvalue weighted by Crippen LogP contribution is 2.24. The fourth-order valence-electron chi connectivity index (χ4n) is 2.88. The standard InChI is InChI=1S/C18H26N2O5S/c1-3-25-17(21)8-11-19-18(22)15-9-12-20(13-10-15)26(23,24)16-6-4-14(2)5-7-16/h4-7,15H,3,8-13H2,1-2H3,(H,19,22). The number of esters is 1. The number of carbonyl (C=O) groups is 2. The molecule has 8 heteroatoms. The molecule has 1 saturated heterocycles. The Kier molecular flexibility index (Phi) is 7.16. The monoisotopic (exact) mass is 382 g/mol. The molecule has 1 aromatic rings. The molecule has 0 bridgehead atoms. The number of rotatable bonds is 7. The van der Waals surface area contributed by atoms with Gasteiger partial charge in [-0.1, -0.05) is 17.7 Å². The number of sulfonamides is 1.